The smallest absolute Gasteiger partial charge is 0.374 e. The van der Waals surface area contributed by atoms with Crippen molar-refractivity contribution in [2.75, 3.05) is 19.0 Å². The van der Waals surface area contributed by atoms with Gasteiger partial charge in [0.05, 0.1) is 0 Å². The lowest BCUT2D eigenvalue weighted by atomic mass is 10.2. The Bertz CT molecular complexity index is 621. The Morgan fingerprint density at radius 1 is 1.30 bits per heavy atom. The lowest BCUT2D eigenvalue weighted by Gasteiger charge is -2.11. The second-order valence-electron chi connectivity index (χ2n) is 4.28. The zero-order valence-electron chi connectivity index (χ0n) is 10.8. The van der Waals surface area contributed by atoms with Crippen molar-refractivity contribution in [1.82, 2.24) is 4.98 Å². The molecule has 2 rings (SSSR count). The Morgan fingerprint density at radius 3 is 2.30 bits per heavy atom. The fraction of sp³-hybridized carbons (Fsp3) is 0.231. The summed E-state index contributed by atoms with van der Waals surface area (Å²) in [6, 6.07) is 6.76. The van der Waals surface area contributed by atoms with Gasteiger partial charge in [0, 0.05) is 25.3 Å². The van der Waals surface area contributed by atoms with Gasteiger partial charge in [-0.1, -0.05) is 0 Å². The van der Waals surface area contributed by atoms with Gasteiger partial charge in [-0.15, -0.1) is 0 Å². The van der Waals surface area contributed by atoms with Crippen LogP contribution in [-0.4, -0.2) is 30.2 Å². The van der Waals surface area contributed by atoms with E-state index in [0.717, 1.165) is 5.69 Å². The second kappa shape index (κ2) is 5.28. The first-order valence-electron chi connectivity index (χ1n) is 5.70. The molecular weight excluding hydrogens is 270 g/mol. The standard InChI is InChI=1S/C13H12F2N2O3/c1-17(2)8-5-3-7(4-6-8)12-16-9(11(14)15)10(20-12)13(18)19/h3-6,11H,1-2H3,(H,18,19). The van der Waals surface area contributed by atoms with Gasteiger partial charge in [-0.2, -0.15) is 0 Å². The number of aromatic carboxylic acids is 1. The normalized spacial score (nSPS) is 10.8. The van der Waals surface area contributed by atoms with E-state index in [1.807, 2.05) is 19.0 Å². The van der Waals surface area contributed by atoms with Crippen LogP contribution in [0.15, 0.2) is 28.7 Å². The third-order valence-electron chi connectivity index (χ3n) is 2.68. The fourth-order valence-corrected chi connectivity index (χ4v) is 1.66. The van der Waals surface area contributed by atoms with E-state index in [9.17, 15) is 13.6 Å². The average molecular weight is 282 g/mol. The largest absolute Gasteiger partial charge is 0.475 e. The monoisotopic (exact) mass is 282 g/mol. The van der Waals surface area contributed by atoms with E-state index in [2.05, 4.69) is 4.98 Å². The minimum atomic E-state index is -3.00. The Balaban J connectivity index is 2.42. The molecule has 0 radical (unpaired) electrons. The number of alkyl halides is 2. The number of halogens is 2. The summed E-state index contributed by atoms with van der Waals surface area (Å²) in [6.07, 6.45) is -3.00. The molecule has 0 atom stereocenters. The van der Waals surface area contributed by atoms with Crippen molar-refractivity contribution in [3.05, 3.63) is 35.7 Å². The molecule has 1 aromatic heterocycles. The van der Waals surface area contributed by atoms with E-state index in [1.54, 1.807) is 24.3 Å². The number of benzene rings is 1. The van der Waals surface area contributed by atoms with Crippen LogP contribution in [0.25, 0.3) is 11.5 Å². The molecule has 0 aliphatic heterocycles. The van der Waals surface area contributed by atoms with Gasteiger partial charge in [0.2, 0.25) is 11.7 Å². The number of carboxylic acids is 1. The second-order valence-corrected chi connectivity index (χ2v) is 4.28. The van der Waals surface area contributed by atoms with E-state index in [4.69, 9.17) is 9.52 Å². The topological polar surface area (TPSA) is 66.6 Å². The highest BCUT2D eigenvalue weighted by Gasteiger charge is 2.26. The minimum Gasteiger partial charge on any atom is -0.475 e. The van der Waals surface area contributed by atoms with Gasteiger partial charge >= 0.3 is 5.97 Å². The number of carboxylic acid groups (broad SMARTS) is 1. The first-order chi connectivity index (χ1) is 9.40. The lowest BCUT2D eigenvalue weighted by Crippen LogP contribution is -2.07. The fourth-order valence-electron chi connectivity index (χ4n) is 1.66. The van der Waals surface area contributed by atoms with Gasteiger partial charge in [-0.05, 0) is 24.3 Å². The van der Waals surface area contributed by atoms with Crippen molar-refractivity contribution in [3.8, 4) is 11.5 Å². The Kier molecular flexibility index (Phi) is 3.69. The zero-order chi connectivity index (χ0) is 14.9. The zero-order valence-corrected chi connectivity index (χ0v) is 10.8. The van der Waals surface area contributed by atoms with Crippen molar-refractivity contribution in [2.45, 2.75) is 6.43 Å². The summed E-state index contributed by atoms with van der Waals surface area (Å²) in [5.41, 5.74) is 0.488. The third kappa shape index (κ3) is 2.61. The maximum absolute atomic E-state index is 12.7. The molecule has 0 aliphatic carbocycles. The van der Waals surface area contributed by atoms with Crippen LogP contribution >= 0.6 is 0 Å². The number of carbonyl (C=O) groups is 1. The molecule has 0 fully saturated rings. The van der Waals surface area contributed by atoms with Crippen LogP contribution in [0.1, 0.15) is 22.7 Å². The third-order valence-corrected chi connectivity index (χ3v) is 2.68. The molecule has 0 unspecified atom stereocenters. The predicted molar refractivity (Wildman–Crippen MR) is 68.2 cm³/mol. The van der Waals surface area contributed by atoms with E-state index in [0.29, 0.717) is 5.56 Å². The molecule has 0 amide bonds. The average Bonchev–Trinajstić information content (AvgIpc) is 2.84. The van der Waals surface area contributed by atoms with Crippen LogP contribution in [0, 0.1) is 0 Å². The molecule has 0 bridgehead atoms. The molecule has 2 aromatic rings. The van der Waals surface area contributed by atoms with Gasteiger partial charge in [-0.25, -0.2) is 18.6 Å². The molecule has 1 aromatic carbocycles. The van der Waals surface area contributed by atoms with Gasteiger partial charge in [-0.3, -0.25) is 0 Å². The summed E-state index contributed by atoms with van der Waals surface area (Å²) in [4.78, 5) is 16.3. The molecule has 0 spiro atoms. The molecule has 1 heterocycles. The summed E-state index contributed by atoms with van der Waals surface area (Å²) in [6.45, 7) is 0. The minimum absolute atomic E-state index is 0.136. The van der Waals surface area contributed by atoms with Crippen molar-refractivity contribution >= 4 is 11.7 Å². The highest BCUT2D eigenvalue weighted by atomic mass is 19.3. The summed E-state index contributed by atoms with van der Waals surface area (Å²) >= 11 is 0. The molecule has 1 N–H and O–H groups in total. The maximum Gasteiger partial charge on any atom is 0.374 e. The first-order valence-corrected chi connectivity index (χ1v) is 5.70. The van der Waals surface area contributed by atoms with E-state index < -0.39 is 23.8 Å². The van der Waals surface area contributed by atoms with E-state index >= 15 is 0 Å². The van der Waals surface area contributed by atoms with E-state index in [1.165, 1.54) is 0 Å². The number of hydrogen-bond acceptors (Lipinski definition) is 4. The van der Waals surface area contributed by atoms with Crippen molar-refractivity contribution in [2.24, 2.45) is 0 Å². The molecule has 7 heteroatoms. The number of anilines is 1. The summed E-state index contributed by atoms with van der Waals surface area (Å²) < 4.78 is 30.3. The molecule has 20 heavy (non-hydrogen) atoms. The molecule has 0 saturated heterocycles. The van der Waals surface area contributed by atoms with Crippen LogP contribution in [0.5, 0.6) is 0 Å². The summed E-state index contributed by atoms with van der Waals surface area (Å²) in [5.74, 6) is -2.53. The Morgan fingerprint density at radius 2 is 1.90 bits per heavy atom. The highest BCUT2D eigenvalue weighted by Crippen LogP contribution is 2.29. The first kappa shape index (κ1) is 14.0. The van der Waals surface area contributed by atoms with Crippen molar-refractivity contribution in [1.29, 1.82) is 0 Å². The Hall–Kier alpha value is -2.44. The van der Waals surface area contributed by atoms with Crippen LogP contribution < -0.4 is 4.90 Å². The number of hydrogen-bond donors (Lipinski definition) is 1. The lowest BCUT2D eigenvalue weighted by molar-refractivity contribution is 0.0647. The summed E-state index contributed by atoms with van der Waals surface area (Å²) in [5, 5.41) is 8.82. The number of aromatic nitrogens is 1. The molecule has 5 nitrogen and oxygen atoms in total. The van der Waals surface area contributed by atoms with Crippen molar-refractivity contribution in [3.63, 3.8) is 0 Å². The van der Waals surface area contributed by atoms with Crippen LogP contribution in [0.3, 0.4) is 0 Å². The number of nitrogens with zero attached hydrogens (tertiary/aromatic N) is 2. The van der Waals surface area contributed by atoms with Crippen LogP contribution in [0.4, 0.5) is 14.5 Å². The van der Waals surface area contributed by atoms with Crippen LogP contribution in [0.2, 0.25) is 0 Å². The SMILES string of the molecule is CN(C)c1ccc(-c2nc(C(F)F)c(C(=O)O)o2)cc1. The van der Waals surface area contributed by atoms with Gasteiger partial charge in [0.15, 0.2) is 5.69 Å². The van der Waals surface area contributed by atoms with Gasteiger partial charge in [0.1, 0.15) is 0 Å². The van der Waals surface area contributed by atoms with Crippen molar-refractivity contribution < 1.29 is 23.1 Å². The molecular formula is C13H12F2N2O3. The predicted octanol–water partition coefficient (Wildman–Crippen LogP) is 3.04. The van der Waals surface area contributed by atoms with Gasteiger partial charge < -0.3 is 14.4 Å². The van der Waals surface area contributed by atoms with Gasteiger partial charge in [0.25, 0.3) is 6.43 Å². The highest BCUT2D eigenvalue weighted by molar-refractivity contribution is 5.86. The number of rotatable bonds is 4. The summed E-state index contributed by atoms with van der Waals surface area (Å²) in [7, 11) is 3.72. The van der Waals surface area contributed by atoms with Crippen LogP contribution in [-0.2, 0) is 0 Å². The molecule has 0 aliphatic rings. The maximum atomic E-state index is 12.7. The number of oxazole rings is 1. The molecule has 0 saturated carbocycles. The molecule has 106 valence electrons. The quantitative estimate of drug-likeness (QED) is 0.933. The van der Waals surface area contributed by atoms with E-state index in [-0.39, 0.29) is 5.89 Å². The Labute approximate surface area is 113 Å².